The van der Waals surface area contributed by atoms with E-state index in [0.29, 0.717) is 5.92 Å². The first-order valence-corrected chi connectivity index (χ1v) is 9.08. The van der Waals surface area contributed by atoms with Crippen molar-refractivity contribution in [2.24, 2.45) is 29.6 Å². The summed E-state index contributed by atoms with van der Waals surface area (Å²) in [6.45, 7) is 6.48. The summed E-state index contributed by atoms with van der Waals surface area (Å²) in [5.41, 5.74) is 0. The molecule has 2 aliphatic carbocycles. The molecule has 0 aromatic heterocycles. The van der Waals surface area contributed by atoms with Gasteiger partial charge in [-0.3, -0.25) is 0 Å². The van der Waals surface area contributed by atoms with E-state index < -0.39 is 0 Å². The Bertz CT molecular complexity index is 330. The molecule has 0 aromatic rings. The topological polar surface area (TPSA) is 38.7 Å². The van der Waals surface area contributed by atoms with Gasteiger partial charge in [0, 0.05) is 44.1 Å². The molecule has 1 radical (unpaired) electrons. The van der Waals surface area contributed by atoms with E-state index in [-0.39, 0.29) is 56.5 Å². The van der Waals surface area contributed by atoms with Gasteiger partial charge in [0.2, 0.25) is 0 Å². The molecule has 1 aliphatic heterocycles. The van der Waals surface area contributed by atoms with Gasteiger partial charge in [-0.05, 0) is 68.1 Å². The van der Waals surface area contributed by atoms with Crippen molar-refractivity contribution in [3.05, 3.63) is 0 Å². The van der Waals surface area contributed by atoms with Crippen LogP contribution in [0.15, 0.2) is 0 Å². The molecule has 2 bridgehead atoms. The van der Waals surface area contributed by atoms with E-state index in [1.165, 1.54) is 12.8 Å². The van der Waals surface area contributed by atoms with Gasteiger partial charge in [0.25, 0.3) is 0 Å². The fraction of sp³-hybridized carbons (Fsp3) is 1.00. The third-order valence-corrected chi connectivity index (χ3v) is 6.53. The summed E-state index contributed by atoms with van der Waals surface area (Å²) in [6.07, 6.45) is 7.74. The van der Waals surface area contributed by atoms with Gasteiger partial charge in [0.1, 0.15) is 0 Å². The monoisotopic (exact) mass is 523 g/mol. The van der Waals surface area contributed by atoms with Crippen LogP contribution in [-0.4, -0.2) is 30.7 Å². The van der Waals surface area contributed by atoms with E-state index in [1.807, 2.05) is 0 Å². The Morgan fingerprint density at radius 3 is 2.41 bits per heavy atom. The largest absolute Gasteiger partial charge is 0.393 e. The molecule has 1 saturated heterocycles. The van der Waals surface area contributed by atoms with Crippen LogP contribution in [0.4, 0.5) is 0 Å². The van der Waals surface area contributed by atoms with Crippen molar-refractivity contribution in [3.8, 4) is 0 Å². The first-order chi connectivity index (χ1) is 10.2. The zero-order chi connectivity index (χ0) is 14.8. The summed E-state index contributed by atoms with van der Waals surface area (Å²) >= 11 is 0. The summed E-state index contributed by atoms with van der Waals surface area (Å²) in [6, 6.07) is 0. The van der Waals surface area contributed by atoms with Gasteiger partial charge in [-0.25, -0.2) is 0 Å². The van der Waals surface area contributed by atoms with Crippen molar-refractivity contribution in [2.75, 3.05) is 13.2 Å². The summed E-state index contributed by atoms with van der Waals surface area (Å²) in [5.74, 6) is 3.92. The maximum Gasteiger partial charge on any atom is 0.157 e. The normalized spacial score (nSPS) is 39.7. The third-order valence-electron chi connectivity index (χ3n) is 6.53. The van der Waals surface area contributed by atoms with Crippen molar-refractivity contribution < 1.29 is 58.6 Å². The van der Waals surface area contributed by atoms with Crippen LogP contribution in [0.2, 0.25) is 0 Å². The summed E-state index contributed by atoms with van der Waals surface area (Å²) < 4.78 is 11.1. The minimum atomic E-state index is -0.0804. The van der Waals surface area contributed by atoms with Gasteiger partial charge >= 0.3 is 0 Å². The first kappa shape index (κ1) is 19.6. The quantitative estimate of drug-likeness (QED) is 0.541. The summed E-state index contributed by atoms with van der Waals surface area (Å²) in [4.78, 5) is 0. The van der Waals surface area contributed by atoms with Crippen LogP contribution in [0.1, 0.15) is 58.8 Å². The number of hydrogen-bond acceptors (Lipinski definition) is 3. The number of fused-ring (bicyclic) bond motifs is 2. The molecule has 3 fully saturated rings. The number of hydrogen-bond donors (Lipinski definition) is 1. The molecule has 1 heterocycles. The predicted octanol–water partition coefficient (Wildman–Crippen LogP) is 3.60. The fourth-order valence-corrected chi connectivity index (χ4v) is 5.02. The molecule has 3 rings (SSSR count). The average Bonchev–Trinajstić information content (AvgIpc) is 3.05. The van der Waals surface area contributed by atoms with E-state index in [4.69, 9.17) is 9.47 Å². The van der Waals surface area contributed by atoms with E-state index in [0.717, 1.165) is 69.0 Å². The number of aliphatic hydroxyl groups is 1. The van der Waals surface area contributed by atoms with Gasteiger partial charge in [-0.1, -0.05) is 20.3 Å². The molecular weight excluding hydrogens is 491 g/mol. The van der Waals surface area contributed by atoms with Gasteiger partial charge in [-0.2, -0.15) is 0 Å². The zero-order valence-corrected chi connectivity index (χ0v) is 19.0. The first-order valence-electron chi connectivity index (χ1n) is 9.08. The third kappa shape index (κ3) is 4.48. The number of rotatable bonds is 6. The Morgan fingerprint density at radius 2 is 1.77 bits per heavy atom. The van der Waals surface area contributed by atoms with Crippen LogP contribution in [0.5, 0.6) is 0 Å². The second-order valence-corrected chi connectivity index (χ2v) is 7.65. The molecule has 1 N–H and O–H groups in total. The fourth-order valence-electron chi connectivity index (χ4n) is 5.02. The Hall–Kier alpha value is 1.32. The van der Waals surface area contributed by atoms with Crippen molar-refractivity contribution >= 4 is 0 Å². The molecule has 4 heteroatoms. The van der Waals surface area contributed by atoms with E-state index in [9.17, 15) is 5.11 Å². The molecule has 0 amide bonds. The van der Waals surface area contributed by atoms with Crippen molar-refractivity contribution in [1.29, 1.82) is 0 Å². The van der Waals surface area contributed by atoms with Gasteiger partial charge in [0.05, 0.1) is 19.3 Å². The maximum absolute atomic E-state index is 10.5. The van der Waals surface area contributed by atoms with Crippen molar-refractivity contribution in [2.45, 2.75) is 71.2 Å². The summed E-state index contributed by atoms with van der Waals surface area (Å²) in [5, 5.41) is 10.5. The van der Waals surface area contributed by atoms with Crippen molar-refractivity contribution in [1.82, 2.24) is 0 Å². The molecule has 6 unspecified atom stereocenters. The number of unbranched alkanes of at least 4 members (excludes halogenated alkanes) is 1. The Kier molecular flexibility index (Phi) is 8.16. The van der Waals surface area contributed by atoms with Crippen LogP contribution in [-0.2, 0) is 9.47 Å². The smallest absolute Gasteiger partial charge is 0.157 e. The van der Waals surface area contributed by atoms with Crippen LogP contribution in [0, 0.1) is 73.7 Å². The molecule has 2 saturated carbocycles. The second-order valence-electron chi connectivity index (χ2n) is 7.65. The number of aliphatic hydroxyl groups excluding tert-OH is 1. The SMILES string of the molecule is CC1C2CC(C(O)CCCCC3OCCCO3)C(C2)C1C.[Ac]. The van der Waals surface area contributed by atoms with Crippen molar-refractivity contribution in [3.63, 3.8) is 0 Å². The minimum absolute atomic E-state index is 0. The van der Waals surface area contributed by atoms with Crippen LogP contribution in [0.25, 0.3) is 0 Å². The standard InChI is InChI=1S/C18H32O3.Ac/c1-12-13(2)15-10-14(12)11-16(15)17(19)6-3-4-7-18-20-8-5-9-21-18;/h12-19H,3-11H2,1-2H3;. The predicted molar refractivity (Wildman–Crippen MR) is 82.8 cm³/mol. The Morgan fingerprint density at radius 1 is 1.05 bits per heavy atom. The Labute approximate surface area is 171 Å². The Balaban J connectivity index is 0.00000176. The second kappa shape index (κ2) is 9.14. The molecule has 22 heavy (non-hydrogen) atoms. The van der Waals surface area contributed by atoms with E-state index >= 15 is 0 Å². The average molecular weight is 523 g/mol. The van der Waals surface area contributed by atoms with Crippen LogP contribution < -0.4 is 0 Å². The van der Waals surface area contributed by atoms with Gasteiger partial charge < -0.3 is 14.6 Å². The molecule has 0 spiro atoms. The summed E-state index contributed by atoms with van der Waals surface area (Å²) in [7, 11) is 0. The molecule has 125 valence electrons. The van der Waals surface area contributed by atoms with Gasteiger partial charge in [0.15, 0.2) is 6.29 Å². The van der Waals surface area contributed by atoms with Gasteiger partial charge in [-0.15, -0.1) is 0 Å². The van der Waals surface area contributed by atoms with E-state index in [1.54, 1.807) is 0 Å². The molecule has 3 aliphatic rings. The van der Waals surface area contributed by atoms with Crippen LogP contribution >= 0.6 is 0 Å². The van der Waals surface area contributed by atoms with E-state index in [2.05, 4.69) is 13.8 Å². The molecule has 0 aromatic carbocycles. The molecule has 6 atom stereocenters. The van der Waals surface area contributed by atoms with Crippen LogP contribution in [0.3, 0.4) is 0 Å². The number of ether oxygens (including phenoxy) is 2. The minimum Gasteiger partial charge on any atom is -0.393 e. The molecule has 3 nitrogen and oxygen atoms in total. The maximum atomic E-state index is 10.5. The zero-order valence-electron chi connectivity index (χ0n) is 14.2. The molecular formula is C18H32AcO3.